The molecule has 0 spiro atoms. The Morgan fingerprint density at radius 2 is 1.93 bits per heavy atom. The third-order valence-electron chi connectivity index (χ3n) is 1.48. The second-order valence-electron chi connectivity index (χ2n) is 2.39. The fourth-order valence-electron chi connectivity index (χ4n) is 0.880. The summed E-state index contributed by atoms with van der Waals surface area (Å²) in [5.41, 5.74) is -1.05. The van der Waals surface area contributed by atoms with Crippen LogP contribution in [-0.4, -0.2) is 4.92 Å². The van der Waals surface area contributed by atoms with Crippen LogP contribution in [0.2, 0.25) is 0 Å². The predicted octanol–water partition coefficient (Wildman–Crippen LogP) is 3.56. The van der Waals surface area contributed by atoms with Crippen molar-refractivity contribution in [2.45, 2.75) is 3.79 Å². The molecule has 1 aromatic carbocycles. The highest BCUT2D eigenvalue weighted by atomic mass is 35.6. The molecule has 0 saturated carbocycles. The SMILES string of the molecule is O=[N+]([O-])c1cccc(C(Cl)(Cl)Cl)c1F. The molecule has 14 heavy (non-hydrogen) atoms. The van der Waals surface area contributed by atoms with Crippen LogP contribution in [0.15, 0.2) is 18.2 Å². The number of nitro groups is 1. The van der Waals surface area contributed by atoms with E-state index in [0.29, 0.717) is 0 Å². The van der Waals surface area contributed by atoms with Crippen LogP contribution in [0.3, 0.4) is 0 Å². The molecular weight excluding hydrogens is 255 g/mol. The first kappa shape index (κ1) is 11.5. The Hall–Kier alpha value is -0.580. The van der Waals surface area contributed by atoms with Crippen LogP contribution < -0.4 is 0 Å². The van der Waals surface area contributed by atoms with Crippen molar-refractivity contribution in [3.63, 3.8) is 0 Å². The van der Waals surface area contributed by atoms with Gasteiger partial charge in [0.05, 0.1) is 4.92 Å². The van der Waals surface area contributed by atoms with Gasteiger partial charge in [-0.3, -0.25) is 10.1 Å². The van der Waals surface area contributed by atoms with Crippen LogP contribution >= 0.6 is 34.8 Å². The fourth-order valence-corrected chi connectivity index (χ4v) is 1.32. The standard InChI is InChI=1S/C7H3Cl3FNO2/c8-7(9,10)4-2-1-3-5(6(4)11)12(13)14/h1-3H. The first-order chi connectivity index (χ1) is 6.34. The van der Waals surface area contributed by atoms with Crippen LogP contribution in [0.25, 0.3) is 0 Å². The molecule has 0 bridgehead atoms. The van der Waals surface area contributed by atoms with Gasteiger partial charge in [0.15, 0.2) is 0 Å². The molecule has 1 rings (SSSR count). The highest BCUT2D eigenvalue weighted by molar-refractivity contribution is 6.66. The van der Waals surface area contributed by atoms with Gasteiger partial charge in [0.1, 0.15) is 0 Å². The van der Waals surface area contributed by atoms with E-state index < -0.39 is 20.2 Å². The number of hydrogen-bond acceptors (Lipinski definition) is 2. The molecule has 0 atom stereocenters. The van der Waals surface area contributed by atoms with Gasteiger partial charge >= 0.3 is 5.69 Å². The Balaban J connectivity index is 3.35. The summed E-state index contributed by atoms with van der Waals surface area (Å²) in [4.78, 5) is 9.46. The summed E-state index contributed by atoms with van der Waals surface area (Å²) in [6.07, 6.45) is 0. The molecule has 0 unspecified atom stereocenters. The van der Waals surface area contributed by atoms with Crippen molar-refractivity contribution < 1.29 is 9.31 Å². The Labute approximate surface area is 93.5 Å². The number of nitro benzene ring substituents is 1. The summed E-state index contributed by atoms with van der Waals surface area (Å²) in [5, 5.41) is 10.3. The largest absolute Gasteiger partial charge is 0.305 e. The number of benzene rings is 1. The van der Waals surface area contributed by atoms with Gasteiger partial charge in [-0.2, -0.15) is 4.39 Å². The average Bonchev–Trinajstić information content (AvgIpc) is 2.01. The summed E-state index contributed by atoms with van der Waals surface area (Å²) in [7, 11) is 0. The Morgan fingerprint density at radius 1 is 1.36 bits per heavy atom. The van der Waals surface area contributed by atoms with Gasteiger partial charge in [-0.1, -0.05) is 46.9 Å². The van der Waals surface area contributed by atoms with Crippen LogP contribution in [0.5, 0.6) is 0 Å². The maximum absolute atomic E-state index is 13.3. The molecule has 0 aromatic heterocycles. The van der Waals surface area contributed by atoms with Crippen molar-refractivity contribution in [1.29, 1.82) is 0 Å². The van der Waals surface area contributed by atoms with Gasteiger partial charge < -0.3 is 0 Å². The maximum atomic E-state index is 13.3. The molecule has 7 heteroatoms. The number of alkyl halides is 3. The zero-order valence-corrected chi connectivity index (χ0v) is 8.78. The topological polar surface area (TPSA) is 43.1 Å². The van der Waals surface area contributed by atoms with E-state index in [9.17, 15) is 14.5 Å². The smallest absolute Gasteiger partial charge is 0.258 e. The van der Waals surface area contributed by atoms with Gasteiger partial charge in [-0.25, -0.2) is 0 Å². The van der Waals surface area contributed by atoms with Crippen molar-refractivity contribution in [2.75, 3.05) is 0 Å². The van der Waals surface area contributed by atoms with Crippen molar-refractivity contribution >= 4 is 40.5 Å². The second-order valence-corrected chi connectivity index (χ2v) is 4.67. The molecule has 0 saturated heterocycles. The monoisotopic (exact) mass is 257 g/mol. The molecule has 76 valence electrons. The van der Waals surface area contributed by atoms with Gasteiger partial charge in [-0.15, -0.1) is 0 Å². The molecule has 0 heterocycles. The number of halogens is 4. The van der Waals surface area contributed by atoms with Crippen molar-refractivity contribution in [3.05, 3.63) is 39.7 Å². The van der Waals surface area contributed by atoms with E-state index in [1.165, 1.54) is 12.1 Å². The minimum Gasteiger partial charge on any atom is -0.258 e. The zero-order valence-electron chi connectivity index (χ0n) is 6.51. The molecule has 3 nitrogen and oxygen atoms in total. The van der Waals surface area contributed by atoms with Crippen LogP contribution in [-0.2, 0) is 3.79 Å². The second kappa shape index (κ2) is 3.88. The van der Waals surface area contributed by atoms with Crippen LogP contribution in [0.4, 0.5) is 10.1 Å². The van der Waals surface area contributed by atoms with Gasteiger partial charge in [0.2, 0.25) is 9.61 Å². The quantitative estimate of drug-likeness (QED) is 0.439. The minimum absolute atomic E-state index is 0.336. The van der Waals surface area contributed by atoms with E-state index in [2.05, 4.69) is 0 Å². The van der Waals surface area contributed by atoms with Gasteiger partial charge in [0.25, 0.3) is 0 Å². The summed E-state index contributed by atoms with van der Waals surface area (Å²) in [6.45, 7) is 0. The molecule has 0 aliphatic carbocycles. The Bertz CT molecular complexity index is 378. The molecule has 0 aliphatic rings. The van der Waals surface area contributed by atoms with Crippen LogP contribution in [0, 0.1) is 15.9 Å². The van der Waals surface area contributed by atoms with E-state index in [1.54, 1.807) is 0 Å². The first-order valence-corrected chi connectivity index (χ1v) is 4.47. The Morgan fingerprint density at radius 3 is 2.36 bits per heavy atom. The van der Waals surface area contributed by atoms with Crippen molar-refractivity contribution in [1.82, 2.24) is 0 Å². The summed E-state index contributed by atoms with van der Waals surface area (Å²) in [5.74, 6) is -1.13. The van der Waals surface area contributed by atoms with Crippen molar-refractivity contribution in [3.8, 4) is 0 Å². The molecular formula is C7H3Cl3FNO2. The third kappa shape index (κ3) is 2.26. The number of rotatable bonds is 1. The van der Waals surface area contributed by atoms with E-state index in [1.807, 2.05) is 0 Å². The summed E-state index contributed by atoms with van der Waals surface area (Å²) >= 11 is 16.2. The summed E-state index contributed by atoms with van der Waals surface area (Å²) < 4.78 is 11.3. The molecule has 0 amide bonds. The maximum Gasteiger partial charge on any atom is 0.305 e. The molecule has 0 aliphatic heterocycles. The lowest BCUT2D eigenvalue weighted by Crippen LogP contribution is -2.06. The number of hydrogen-bond donors (Lipinski definition) is 0. The van der Waals surface area contributed by atoms with E-state index in [-0.39, 0.29) is 5.56 Å². The van der Waals surface area contributed by atoms with Gasteiger partial charge in [-0.05, 0) is 0 Å². The van der Waals surface area contributed by atoms with Crippen molar-refractivity contribution in [2.24, 2.45) is 0 Å². The first-order valence-electron chi connectivity index (χ1n) is 3.34. The van der Waals surface area contributed by atoms with E-state index in [0.717, 1.165) is 6.07 Å². The molecule has 1 aromatic rings. The van der Waals surface area contributed by atoms with E-state index >= 15 is 0 Å². The lowest BCUT2D eigenvalue weighted by Gasteiger charge is -2.11. The van der Waals surface area contributed by atoms with E-state index in [4.69, 9.17) is 34.8 Å². The van der Waals surface area contributed by atoms with Crippen LogP contribution in [0.1, 0.15) is 5.56 Å². The zero-order chi connectivity index (χ0) is 10.9. The highest BCUT2D eigenvalue weighted by Crippen LogP contribution is 2.41. The highest BCUT2D eigenvalue weighted by Gasteiger charge is 2.30. The normalized spacial score (nSPS) is 11.4. The third-order valence-corrected chi connectivity index (χ3v) is 2.09. The average molecular weight is 258 g/mol. The Kier molecular flexibility index (Phi) is 3.19. The fraction of sp³-hybridized carbons (Fsp3) is 0.143. The molecule has 0 N–H and O–H groups in total. The molecule has 0 fully saturated rings. The summed E-state index contributed by atoms with van der Waals surface area (Å²) in [6, 6.07) is 3.42. The minimum atomic E-state index is -2.00. The predicted molar refractivity (Wildman–Crippen MR) is 52.3 cm³/mol. The van der Waals surface area contributed by atoms with Gasteiger partial charge in [0, 0.05) is 11.6 Å². The lowest BCUT2D eigenvalue weighted by molar-refractivity contribution is -0.387. The number of nitrogens with zero attached hydrogens (tertiary/aromatic N) is 1. The lowest BCUT2D eigenvalue weighted by atomic mass is 10.2. The molecule has 0 radical (unpaired) electrons.